The Morgan fingerprint density at radius 1 is 1.00 bits per heavy atom. The summed E-state index contributed by atoms with van der Waals surface area (Å²) in [6.07, 6.45) is 0. The van der Waals surface area contributed by atoms with Crippen molar-refractivity contribution in [2.75, 3.05) is 5.73 Å². The fraction of sp³-hybridized carbons (Fsp3) is 0.400. The van der Waals surface area contributed by atoms with E-state index in [4.69, 9.17) is 5.73 Å². The SMILES string of the molecule is CC(C)c1ccc2nc(C(C)C)cc(N)c2c1. The van der Waals surface area contributed by atoms with E-state index in [1.165, 1.54) is 5.56 Å². The molecular formula is C15H20N2. The summed E-state index contributed by atoms with van der Waals surface area (Å²) in [5.74, 6) is 0.926. The fourth-order valence-electron chi connectivity index (χ4n) is 1.95. The molecule has 2 rings (SSSR count). The van der Waals surface area contributed by atoms with Gasteiger partial charge in [-0.15, -0.1) is 0 Å². The summed E-state index contributed by atoms with van der Waals surface area (Å²) in [5.41, 5.74) is 10.3. The van der Waals surface area contributed by atoms with Crippen LogP contribution in [0.2, 0.25) is 0 Å². The highest BCUT2D eigenvalue weighted by molar-refractivity contribution is 5.90. The van der Waals surface area contributed by atoms with E-state index in [1.807, 2.05) is 6.07 Å². The van der Waals surface area contributed by atoms with Crippen molar-refractivity contribution < 1.29 is 0 Å². The standard InChI is InChI=1S/C15H20N2/c1-9(2)11-5-6-14-12(7-11)13(16)8-15(17-14)10(3)4/h5-10H,1-4H3,(H2,16,17). The zero-order chi connectivity index (χ0) is 12.6. The van der Waals surface area contributed by atoms with Gasteiger partial charge in [0.2, 0.25) is 0 Å². The third kappa shape index (κ3) is 2.26. The Morgan fingerprint density at radius 2 is 1.71 bits per heavy atom. The second kappa shape index (κ2) is 4.36. The number of nitrogens with zero attached hydrogens (tertiary/aromatic N) is 1. The zero-order valence-electron chi connectivity index (χ0n) is 11.0. The van der Waals surface area contributed by atoms with Crippen molar-refractivity contribution in [2.45, 2.75) is 39.5 Å². The number of anilines is 1. The number of hydrogen-bond donors (Lipinski definition) is 1. The summed E-state index contributed by atoms with van der Waals surface area (Å²) >= 11 is 0. The van der Waals surface area contributed by atoms with Crippen molar-refractivity contribution in [2.24, 2.45) is 0 Å². The number of nitrogen functional groups attached to an aromatic ring is 1. The predicted molar refractivity (Wildman–Crippen MR) is 74.3 cm³/mol. The number of pyridine rings is 1. The van der Waals surface area contributed by atoms with Gasteiger partial charge in [-0.2, -0.15) is 0 Å². The smallest absolute Gasteiger partial charge is 0.0726 e. The molecule has 2 heteroatoms. The van der Waals surface area contributed by atoms with Gasteiger partial charge >= 0.3 is 0 Å². The summed E-state index contributed by atoms with van der Waals surface area (Å²) in [7, 11) is 0. The van der Waals surface area contributed by atoms with Gasteiger partial charge in [-0.25, -0.2) is 0 Å². The largest absolute Gasteiger partial charge is 0.398 e. The Kier molecular flexibility index (Phi) is 3.05. The van der Waals surface area contributed by atoms with Crippen molar-refractivity contribution in [3.05, 3.63) is 35.5 Å². The Hall–Kier alpha value is -1.57. The van der Waals surface area contributed by atoms with Crippen molar-refractivity contribution in [1.29, 1.82) is 0 Å². The van der Waals surface area contributed by atoms with Crippen molar-refractivity contribution in [3.63, 3.8) is 0 Å². The molecule has 1 heterocycles. The second-order valence-corrected chi connectivity index (χ2v) is 5.22. The molecule has 17 heavy (non-hydrogen) atoms. The van der Waals surface area contributed by atoms with Gasteiger partial charge in [0.05, 0.1) is 5.52 Å². The number of rotatable bonds is 2. The lowest BCUT2D eigenvalue weighted by Crippen LogP contribution is -1.98. The average molecular weight is 228 g/mol. The predicted octanol–water partition coefficient (Wildman–Crippen LogP) is 4.06. The van der Waals surface area contributed by atoms with Crippen LogP contribution in [0.25, 0.3) is 10.9 Å². The van der Waals surface area contributed by atoms with E-state index in [0.717, 1.165) is 22.3 Å². The van der Waals surface area contributed by atoms with Crippen LogP contribution in [0.5, 0.6) is 0 Å². The molecule has 0 unspecified atom stereocenters. The number of aromatic nitrogens is 1. The highest BCUT2D eigenvalue weighted by atomic mass is 14.7. The van der Waals surface area contributed by atoms with Gasteiger partial charge in [0, 0.05) is 16.8 Å². The lowest BCUT2D eigenvalue weighted by Gasteiger charge is -2.11. The first kappa shape index (κ1) is 11.9. The number of nitrogens with two attached hydrogens (primary N) is 1. The molecule has 0 aliphatic heterocycles. The number of hydrogen-bond acceptors (Lipinski definition) is 2. The summed E-state index contributed by atoms with van der Waals surface area (Å²) in [5, 5.41) is 1.07. The zero-order valence-corrected chi connectivity index (χ0v) is 11.0. The minimum atomic E-state index is 0.409. The summed E-state index contributed by atoms with van der Waals surface area (Å²) in [6.45, 7) is 8.65. The van der Waals surface area contributed by atoms with E-state index in [-0.39, 0.29) is 0 Å². The van der Waals surface area contributed by atoms with Gasteiger partial charge in [-0.05, 0) is 35.6 Å². The molecule has 0 saturated heterocycles. The topological polar surface area (TPSA) is 38.9 Å². The van der Waals surface area contributed by atoms with E-state index in [0.29, 0.717) is 11.8 Å². The van der Waals surface area contributed by atoms with Gasteiger partial charge in [0.15, 0.2) is 0 Å². The molecule has 1 aromatic carbocycles. The van der Waals surface area contributed by atoms with E-state index < -0.39 is 0 Å². The molecule has 0 aliphatic rings. The third-order valence-electron chi connectivity index (χ3n) is 3.14. The second-order valence-electron chi connectivity index (χ2n) is 5.22. The normalized spacial score (nSPS) is 11.6. The minimum absolute atomic E-state index is 0.409. The van der Waals surface area contributed by atoms with Crippen LogP contribution < -0.4 is 5.73 Å². The Morgan fingerprint density at radius 3 is 2.29 bits per heavy atom. The van der Waals surface area contributed by atoms with Gasteiger partial charge in [-0.1, -0.05) is 33.8 Å². The minimum Gasteiger partial charge on any atom is -0.398 e. The maximum Gasteiger partial charge on any atom is 0.0726 e. The van der Waals surface area contributed by atoms with Crippen LogP contribution in [-0.2, 0) is 0 Å². The van der Waals surface area contributed by atoms with Gasteiger partial charge < -0.3 is 5.73 Å². The molecule has 0 bridgehead atoms. The van der Waals surface area contributed by atoms with E-state index in [9.17, 15) is 0 Å². The first-order chi connectivity index (χ1) is 7.99. The highest BCUT2D eigenvalue weighted by Gasteiger charge is 2.08. The third-order valence-corrected chi connectivity index (χ3v) is 3.14. The monoisotopic (exact) mass is 228 g/mol. The highest BCUT2D eigenvalue weighted by Crippen LogP contribution is 2.27. The van der Waals surface area contributed by atoms with Crippen molar-refractivity contribution >= 4 is 16.6 Å². The number of fused-ring (bicyclic) bond motifs is 1. The van der Waals surface area contributed by atoms with E-state index >= 15 is 0 Å². The van der Waals surface area contributed by atoms with Crippen LogP contribution in [-0.4, -0.2) is 4.98 Å². The van der Waals surface area contributed by atoms with Gasteiger partial charge in [0.25, 0.3) is 0 Å². The summed E-state index contributed by atoms with van der Waals surface area (Å²) < 4.78 is 0. The molecule has 0 radical (unpaired) electrons. The quantitative estimate of drug-likeness (QED) is 0.841. The van der Waals surface area contributed by atoms with Crippen LogP contribution in [0.15, 0.2) is 24.3 Å². The maximum absolute atomic E-state index is 6.12. The average Bonchev–Trinajstić information content (AvgIpc) is 2.28. The van der Waals surface area contributed by atoms with Crippen molar-refractivity contribution in [3.8, 4) is 0 Å². The lowest BCUT2D eigenvalue weighted by atomic mass is 9.99. The lowest BCUT2D eigenvalue weighted by molar-refractivity contribution is 0.830. The Bertz CT molecular complexity index is 542. The summed E-state index contributed by atoms with van der Waals surface area (Å²) in [6, 6.07) is 8.38. The van der Waals surface area contributed by atoms with Crippen LogP contribution >= 0.6 is 0 Å². The van der Waals surface area contributed by atoms with E-state index in [1.54, 1.807) is 0 Å². The molecule has 90 valence electrons. The summed E-state index contributed by atoms with van der Waals surface area (Å²) in [4.78, 5) is 4.66. The molecule has 2 N–H and O–H groups in total. The van der Waals surface area contributed by atoms with Gasteiger partial charge in [-0.3, -0.25) is 4.98 Å². The van der Waals surface area contributed by atoms with Crippen LogP contribution in [0, 0.1) is 0 Å². The molecule has 0 aliphatic carbocycles. The molecule has 2 nitrogen and oxygen atoms in total. The van der Waals surface area contributed by atoms with Crippen LogP contribution in [0.3, 0.4) is 0 Å². The molecule has 0 atom stereocenters. The van der Waals surface area contributed by atoms with Gasteiger partial charge in [0.1, 0.15) is 0 Å². The first-order valence-electron chi connectivity index (χ1n) is 6.19. The van der Waals surface area contributed by atoms with Crippen LogP contribution in [0.4, 0.5) is 5.69 Å². The number of benzene rings is 1. The molecule has 1 aromatic heterocycles. The molecule has 0 fully saturated rings. The maximum atomic E-state index is 6.12. The molecule has 0 amide bonds. The molecular weight excluding hydrogens is 208 g/mol. The Balaban J connectivity index is 2.64. The first-order valence-corrected chi connectivity index (χ1v) is 6.19. The van der Waals surface area contributed by atoms with Crippen molar-refractivity contribution in [1.82, 2.24) is 4.98 Å². The molecule has 0 saturated carbocycles. The Labute approximate surface area is 103 Å². The molecule has 2 aromatic rings. The molecule has 0 spiro atoms. The van der Waals surface area contributed by atoms with E-state index in [2.05, 4.69) is 50.9 Å². The van der Waals surface area contributed by atoms with Crippen LogP contribution in [0.1, 0.15) is 50.8 Å². The fourth-order valence-corrected chi connectivity index (χ4v) is 1.95.